The lowest BCUT2D eigenvalue weighted by molar-refractivity contribution is -0.144. The van der Waals surface area contributed by atoms with Crippen LogP contribution in [0.2, 0.25) is 0 Å². The second-order valence-electron chi connectivity index (χ2n) is 3.90. The van der Waals surface area contributed by atoms with Crippen molar-refractivity contribution in [3.05, 3.63) is 23.8 Å². The van der Waals surface area contributed by atoms with Crippen molar-refractivity contribution < 1.29 is 19.1 Å². The summed E-state index contributed by atoms with van der Waals surface area (Å²) < 4.78 is 9.84. The number of nitrogen functional groups attached to an aromatic ring is 1. The number of nitrogens with two attached hydrogens (primary N) is 1. The predicted molar refractivity (Wildman–Crippen MR) is 71.0 cm³/mol. The minimum absolute atomic E-state index is 0.273. The van der Waals surface area contributed by atoms with Gasteiger partial charge in [-0.2, -0.15) is 0 Å². The van der Waals surface area contributed by atoms with Crippen LogP contribution in [0, 0.1) is 0 Å². The van der Waals surface area contributed by atoms with Crippen LogP contribution in [0.3, 0.4) is 0 Å². The van der Waals surface area contributed by atoms with Crippen molar-refractivity contribution in [1.82, 2.24) is 5.32 Å². The smallest absolute Gasteiger partial charge is 0.328 e. The van der Waals surface area contributed by atoms with Crippen LogP contribution in [0.1, 0.15) is 24.2 Å². The van der Waals surface area contributed by atoms with E-state index < -0.39 is 12.0 Å². The molecule has 1 aromatic carbocycles. The highest BCUT2D eigenvalue weighted by Gasteiger charge is 2.18. The Morgan fingerprint density at radius 1 is 1.42 bits per heavy atom. The molecule has 0 aliphatic heterocycles. The zero-order chi connectivity index (χ0) is 14.4. The fraction of sp³-hybridized carbons (Fsp3) is 0.385. The van der Waals surface area contributed by atoms with Gasteiger partial charge >= 0.3 is 5.97 Å². The summed E-state index contributed by atoms with van der Waals surface area (Å²) in [4.78, 5) is 23.3. The summed E-state index contributed by atoms with van der Waals surface area (Å²) >= 11 is 0. The van der Waals surface area contributed by atoms with Gasteiger partial charge in [0.25, 0.3) is 5.91 Å². The fourth-order valence-corrected chi connectivity index (χ4v) is 1.46. The van der Waals surface area contributed by atoms with E-state index in [1.807, 2.05) is 0 Å². The van der Waals surface area contributed by atoms with E-state index in [4.69, 9.17) is 15.2 Å². The van der Waals surface area contributed by atoms with Crippen LogP contribution in [0.15, 0.2) is 18.2 Å². The third kappa shape index (κ3) is 3.87. The molecule has 0 fully saturated rings. The summed E-state index contributed by atoms with van der Waals surface area (Å²) in [7, 11) is 1.47. The third-order valence-corrected chi connectivity index (χ3v) is 2.48. The van der Waals surface area contributed by atoms with Crippen LogP contribution in [0.5, 0.6) is 5.75 Å². The Morgan fingerprint density at radius 2 is 2.11 bits per heavy atom. The zero-order valence-electron chi connectivity index (χ0n) is 11.2. The quantitative estimate of drug-likeness (QED) is 0.612. The van der Waals surface area contributed by atoms with E-state index in [9.17, 15) is 9.59 Å². The van der Waals surface area contributed by atoms with Gasteiger partial charge in [0, 0.05) is 5.56 Å². The molecule has 0 aliphatic carbocycles. The maximum Gasteiger partial charge on any atom is 0.328 e. The van der Waals surface area contributed by atoms with Crippen molar-refractivity contribution in [3.8, 4) is 5.75 Å². The highest BCUT2D eigenvalue weighted by Crippen LogP contribution is 2.22. The second-order valence-corrected chi connectivity index (χ2v) is 3.90. The average molecular weight is 266 g/mol. The lowest BCUT2D eigenvalue weighted by Gasteiger charge is -2.13. The van der Waals surface area contributed by atoms with E-state index in [2.05, 4.69) is 5.32 Å². The Morgan fingerprint density at radius 3 is 2.68 bits per heavy atom. The fourth-order valence-electron chi connectivity index (χ4n) is 1.46. The topological polar surface area (TPSA) is 90.7 Å². The van der Waals surface area contributed by atoms with Crippen LogP contribution in [0.25, 0.3) is 0 Å². The normalized spacial score (nSPS) is 11.5. The SMILES string of the molecule is CCOC(=O)C(C)NC(=O)c1ccc(N)c(OC)c1. The number of carbonyl (C=O) groups is 2. The largest absolute Gasteiger partial charge is 0.495 e. The summed E-state index contributed by atoms with van der Waals surface area (Å²) in [6.07, 6.45) is 0. The molecular weight excluding hydrogens is 248 g/mol. The molecule has 1 amide bonds. The van der Waals surface area contributed by atoms with E-state index in [1.165, 1.54) is 13.2 Å². The van der Waals surface area contributed by atoms with Crippen molar-refractivity contribution in [1.29, 1.82) is 0 Å². The van der Waals surface area contributed by atoms with Crippen molar-refractivity contribution in [2.75, 3.05) is 19.5 Å². The van der Waals surface area contributed by atoms with Crippen LogP contribution in [-0.4, -0.2) is 31.6 Å². The van der Waals surface area contributed by atoms with Crippen LogP contribution >= 0.6 is 0 Å². The molecular formula is C13H18N2O4. The van der Waals surface area contributed by atoms with Crippen molar-refractivity contribution in [2.45, 2.75) is 19.9 Å². The molecule has 1 unspecified atom stereocenters. The molecule has 0 saturated carbocycles. The molecule has 0 aliphatic rings. The number of ether oxygens (including phenoxy) is 2. The van der Waals surface area contributed by atoms with Gasteiger partial charge in [-0.25, -0.2) is 4.79 Å². The molecule has 3 N–H and O–H groups in total. The summed E-state index contributed by atoms with van der Waals surface area (Å²) in [5, 5.41) is 2.54. The molecule has 104 valence electrons. The molecule has 6 nitrogen and oxygen atoms in total. The number of esters is 1. The Kier molecular flexibility index (Phi) is 5.17. The molecule has 1 aromatic rings. The van der Waals surface area contributed by atoms with E-state index in [0.717, 1.165) is 0 Å². The van der Waals surface area contributed by atoms with Crippen LogP contribution < -0.4 is 15.8 Å². The molecule has 6 heteroatoms. The van der Waals surface area contributed by atoms with E-state index in [1.54, 1.807) is 26.0 Å². The predicted octanol–water partition coefficient (Wildman–Crippen LogP) is 0.959. The summed E-state index contributed by atoms with van der Waals surface area (Å²) in [6.45, 7) is 3.54. The highest BCUT2D eigenvalue weighted by atomic mass is 16.5. The molecule has 1 rings (SSSR count). The number of rotatable bonds is 5. The zero-order valence-corrected chi connectivity index (χ0v) is 11.2. The number of hydrogen-bond acceptors (Lipinski definition) is 5. The van der Waals surface area contributed by atoms with Gasteiger partial charge in [-0.1, -0.05) is 0 Å². The monoisotopic (exact) mass is 266 g/mol. The minimum atomic E-state index is -0.712. The summed E-state index contributed by atoms with van der Waals surface area (Å²) in [5.41, 5.74) is 6.46. The summed E-state index contributed by atoms with van der Waals surface area (Å²) in [6, 6.07) is 3.94. The van der Waals surface area contributed by atoms with E-state index in [-0.39, 0.29) is 12.5 Å². The first kappa shape index (κ1) is 14.8. The molecule has 0 aromatic heterocycles. The molecule has 0 heterocycles. The minimum Gasteiger partial charge on any atom is -0.495 e. The third-order valence-electron chi connectivity index (χ3n) is 2.48. The Balaban J connectivity index is 2.75. The van der Waals surface area contributed by atoms with Crippen LogP contribution in [0.4, 0.5) is 5.69 Å². The molecule has 0 spiro atoms. The lowest BCUT2D eigenvalue weighted by Crippen LogP contribution is -2.39. The van der Waals surface area contributed by atoms with Gasteiger partial charge in [0.15, 0.2) is 0 Å². The highest BCUT2D eigenvalue weighted by molar-refractivity contribution is 5.97. The average Bonchev–Trinajstić information content (AvgIpc) is 2.39. The number of hydrogen-bond donors (Lipinski definition) is 2. The van der Waals surface area contributed by atoms with Gasteiger partial charge in [0.2, 0.25) is 0 Å². The first-order chi connectivity index (χ1) is 8.99. The first-order valence-electron chi connectivity index (χ1n) is 5.90. The number of benzene rings is 1. The number of nitrogens with one attached hydrogen (secondary N) is 1. The Bertz CT molecular complexity index is 474. The van der Waals surface area contributed by atoms with Crippen molar-refractivity contribution >= 4 is 17.6 Å². The number of methoxy groups -OCH3 is 1. The van der Waals surface area contributed by atoms with Gasteiger partial charge in [0.05, 0.1) is 19.4 Å². The van der Waals surface area contributed by atoms with Gasteiger partial charge < -0.3 is 20.5 Å². The standard InChI is InChI=1S/C13H18N2O4/c1-4-19-13(17)8(2)15-12(16)9-5-6-10(14)11(7-9)18-3/h5-8H,4,14H2,1-3H3,(H,15,16). The lowest BCUT2D eigenvalue weighted by atomic mass is 10.1. The maximum absolute atomic E-state index is 11.9. The molecule has 0 radical (unpaired) electrons. The number of amides is 1. The molecule has 0 bridgehead atoms. The number of carbonyl (C=O) groups excluding carboxylic acids is 2. The van der Waals surface area contributed by atoms with E-state index >= 15 is 0 Å². The van der Waals surface area contributed by atoms with Gasteiger partial charge in [-0.3, -0.25) is 4.79 Å². The van der Waals surface area contributed by atoms with Gasteiger partial charge in [-0.05, 0) is 32.0 Å². The second kappa shape index (κ2) is 6.63. The van der Waals surface area contributed by atoms with Crippen molar-refractivity contribution in [2.24, 2.45) is 0 Å². The Hall–Kier alpha value is -2.24. The first-order valence-corrected chi connectivity index (χ1v) is 5.90. The molecule has 0 saturated heterocycles. The van der Waals surface area contributed by atoms with Gasteiger partial charge in [0.1, 0.15) is 11.8 Å². The van der Waals surface area contributed by atoms with Crippen LogP contribution in [-0.2, 0) is 9.53 Å². The Labute approximate surface area is 111 Å². The molecule has 19 heavy (non-hydrogen) atoms. The van der Waals surface area contributed by atoms with E-state index in [0.29, 0.717) is 17.0 Å². The van der Waals surface area contributed by atoms with Gasteiger partial charge in [-0.15, -0.1) is 0 Å². The maximum atomic E-state index is 11.9. The number of anilines is 1. The molecule has 1 atom stereocenters. The van der Waals surface area contributed by atoms with Crippen molar-refractivity contribution in [3.63, 3.8) is 0 Å². The summed E-state index contributed by atoms with van der Waals surface area (Å²) in [5.74, 6) is -0.450.